The molecule has 0 unspecified atom stereocenters. The third kappa shape index (κ3) is 5.07. The highest BCUT2D eigenvalue weighted by Crippen LogP contribution is 2.19. The van der Waals surface area contributed by atoms with Gasteiger partial charge in [0.1, 0.15) is 11.6 Å². The Kier molecular flexibility index (Phi) is 6.57. The van der Waals surface area contributed by atoms with Gasteiger partial charge < -0.3 is 15.4 Å². The molecule has 0 aliphatic rings. The Labute approximate surface area is 163 Å². The van der Waals surface area contributed by atoms with Crippen LogP contribution in [0.5, 0.6) is 5.75 Å². The Morgan fingerprint density at radius 3 is 2.61 bits per heavy atom. The lowest BCUT2D eigenvalue weighted by molar-refractivity contribution is 0.0953. The first-order valence-electron chi connectivity index (χ1n) is 9.00. The number of nitrogens with one attached hydrogen (secondary N) is 2. The normalized spacial score (nSPS) is 10.4. The van der Waals surface area contributed by atoms with Crippen LogP contribution in [0.4, 0.5) is 10.1 Å². The van der Waals surface area contributed by atoms with Gasteiger partial charge in [0.2, 0.25) is 0 Å². The molecule has 1 aromatic heterocycles. The fourth-order valence-corrected chi connectivity index (χ4v) is 2.82. The van der Waals surface area contributed by atoms with E-state index >= 15 is 0 Å². The van der Waals surface area contributed by atoms with Gasteiger partial charge in [-0.3, -0.25) is 9.78 Å². The Morgan fingerprint density at radius 1 is 1.07 bits per heavy atom. The molecular weight excluding hydrogens is 357 g/mol. The topological polar surface area (TPSA) is 63.2 Å². The van der Waals surface area contributed by atoms with Crippen molar-refractivity contribution < 1.29 is 13.9 Å². The molecule has 1 heterocycles. The van der Waals surface area contributed by atoms with Crippen LogP contribution in [0.1, 0.15) is 21.5 Å². The molecule has 0 saturated heterocycles. The fourth-order valence-electron chi connectivity index (χ4n) is 2.82. The van der Waals surface area contributed by atoms with Crippen LogP contribution in [0.2, 0.25) is 0 Å². The molecule has 1 amide bonds. The number of halogens is 1. The third-order valence-corrected chi connectivity index (χ3v) is 4.31. The van der Waals surface area contributed by atoms with Crippen LogP contribution in [0.25, 0.3) is 0 Å². The maximum Gasteiger partial charge on any atom is 0.252 e. The molecule has 0 fully saturated rings. The molecular formula is C22H22FN3O2. The molecule has 3 rings (SSSR count). The van der Waals surface area contributed by atoms with Gasteiger partial charge in [0.05, 0.1) is 18.4 Å². The fraction of sp³-hybridized carbons (Fsp3) is 0.182. The minimum Gasteiger partial charge on any atom is -0.496 e. The first kappa shape index (κ1) is 19.4. The zero-order chi connectivity index (χ0) is 19.8. The number of anilines is 1. The second-order valence-electron chi connectivity index (χ2n) is 6.23. The standard InChI is InChI=1S/C22H22FN3O2/c1-28-21-9-5-3-7-17(21)14-26-19-12-18(13-24-15-19)22(27)25-11-10-16-6-2-4-8-20(16)23/h2-9,12-13,15,26H,10-11,14H2,1H3,(H,25,27). The first-order valence-corrected chi connectivity index (χ1v) is 9.00. The number of hydrogen-bond acceptors (Lipinski definition) is 4. The SMILES string of the molecule is COc1ccccc1CNc1cncc(C(=O)NCCc2ccccc2F)c1. The van der Waals surface area contributed by atoms with Gasteiger partial charge in [-0.05, 0) is 30.2 Å². The molecule has 144 valence electrons. The van der Waals surface area contributed by atoms with Crippen LogP contribution >= 0.6 is 0 Å². The van der Waals surface area contributed by atoms with Gasteiger partial charge in [-0.15, -0.1) is 0 Å². The summed E-state index contributed by atoms with van der Waals surface area (Å²) in [7, 11) is 1.63. The molecule has 0 radical (unpaired) electrons. The van der Waals surface area contributed by atoms with E-state index in [0.29, 0.717) is 30.6 Å². The van der Waals surface area contributed by atoms with E-state index in [-0.39, 0.29) is 11.7 Å². The summed E-state index contributed by atoms with van der Waals surface area (Å²) in [6, 6.07) is 16.0. The van der Waals surface area contributed by atoms with Crippen molar-refractivity contribution in [1.82, 2.24) is 10.3 Å². The maximum absolute atomic E-state index is 13.6. The number of aromatic nitrogens is 1. The van der Waals surface area contributed by atoms with Crippen molar-refractivity contribution in [1.29, 1.82) is 0 Å². The lowest BCUT2D eigenvalue weighted by atomic mass is 10.1. The number of benzene rings is 2. The molecule has 0 bridgehead atoms. The smallest absolute Gasteiger partial charge is 0.252 e. The van der Waals surface area contributed by atoms with Crippen molar-refractivity contribution in [2.75, 3.05) is 19.0 Å². The number of amides is 1. The van der Waals surface area contributed by atoms with E-state index in [0.717, 1.165) is 17.0 Å². The number of para-hydroxylation sites is 1. The zero-order valence-corrected chi connectivity index (χ0v) is 15.6. The van der Waals surface area contributed by atoms with Gasteiger partial charge in [0.25, 0.3) is 5.91 Å². The quantitative estimate of drug-likeness (QED) is 0.625. The first-order chi connectivity index (χ1) is 13.7. The summed E-state index contributed by atoms with van der Waals surface area (Å²) in [5.41, 5.74) is 2.75. The largest absolute Gasteiger partial charge is 0.496 e. The van der Waals surface area contributed by atoms with E-state index < -0.39 is 0 Å². The minimum atomic E-state index is -0.263. The lowest BCUT2D eigenvalue weighted by Crippen LogP contribution is -2.26. The number of carbonyl (C=O) groups excluding carboxylic acids is 1. The van der Waals surface area contributed by atoms with Crippen molar-refractivity contribution >= 4 is 11.6 Å². The summed E-state index contributed by atoms with van der Waals surface area (Å²) in [4.78, 5) is 16.5. The van der Waals surface area contributed by atoms with Crippen molar-refractivity contribution in [2.45, 2.75) is 13.0 Å². The number of nitrogens with zero attached hydrogens (tertiary/aromatic N) is 1. The maximum atomic E-state index is 13.6. The second-order valence-corrected chi connectivity index (χ2v) is 6.23. The van der Waals surface area contributed by atoms with Gasteiger partial charge in [-0.2, -0.15) is 0 Å². The van der Waals surface area contributed by atoms with Gasteiger partial charge in [-0.25, -0.2) is 4.39 Å². The zero-order valence-electron chi connectivity index (χ0n) is 15.6. The van der Waals surface area contributed by atoms with Crippen LogP contribution < -0.4 is 15.4 Å². The predicted molar refractivity (Wildman–Crippen MR) is 107 cm³/mol. The number of rotatable bonds is 8. The number of hydrogen-bond donors (Lipinski definition) is 2. The highest BCUT2D eigenvalue weighted by Gasteiger charge is 2.08. The third-order valence-electron chi connectivity index (χ3n) is 4.31. The molecule has 0 saturated carbocycles. The summed E-state index contributed by atoms with van der Waals surface area (Å²) in [5, 5.41) is 6.05. The highest BCUT2D eigenvalue weighted by atomic mass is 19.1. The average molecular weight is 379 g/mol. The highest BCUT2D eigenvalue weighted by molar-refractivity contribution is 5.94. The molecule has 0 aliphatic heterocycles. The summed E-state index contributed by atoms with van der Waals surface area (Å²) in [5.74, 6) is 0.288. The molecule has 2 aromatic carbocycles. The molecule has 0 aliphatic carbocycles. The summed E-state index contributed by atoms with van der Waals surface area (Å²) < 4.78 is 19.0. The molecule has 0 spiro atoms. The van der Waals surface area contributed by atoms with E-state index in [4.69, 9.17) is 4.74 Å². The second kappa shape index (κ2) is 9.50. The van der Waals surface area contributed by atoms with E-state index in [1.54, 1.807) is 37.6 Å². The monoisotopic (exact) mass is 379 g/mol. The van der Waals surface area contributed by atoms with E-state index in [1.165, 1.54) is 12.3 Å². The minimum absolute atomic E-state index is 0.246. The lowest BCUT2D eigenvalue weighted by Gasteiger charge is -2.11. The molecule has 0 atom stereocenters. The van der Waals surface area contributed by atoms with Crippen LogP contribution in [0.3, 0.4) is 0 Å². The number of ether oxygens (including phenoxy) is 1. The van der Waals surface area contributed by atoms with E-state index in [2.05, 4.69) is 15.6 Å². The van der Waals surface area contributed by atoms with Crippen molar-refractivity contribution in [3.63, 3.8) is 0 Å². The summed E-state index contributed by atoms with van der Waals surface area (Å²) in [6.07, 6.45) is 3.59. The summed E-state index contributed by atoms with van der Waals surface area (Å²) in [6.45, 7) is 0.892. The summed E-state index contributed by atoms with van der Waals surface area (Å²) >= 11 is 0. The Hall–Kier alpha value is -3.41. The van der Waals surface area contributed by atoms with Gasteiger partial charge >= 0.3 is 0 Å². The molecule has 5 nitrogen and oxygen atoms in total. The van der Waals surface area contributed by atoms with Crippen molar-refractivity contribution in [3.05, 3.63) is 89.5 Å². The van der Waals surface area contributed by atoms with E-state index in [1.807, 2.05) is 24.3 Å². The molecule has 6 heteroatoms. The predicted octanol–water partition coefficient (Wildman–Crippen LogP) is 3.81. The van der Waals surface area contributed by atoms with Crippen LogP contribution in [-0.2, 0) is 13.0 Å². The number of methoxy groups -OCH3 is 1. The van der Waals surface area contributed by atoms with Crippen LogP contribution in [0, 0.1) is 5.82 Å². The van der Waals surface area contributed by atoms with Crippen LogP contribution in [-0.4, -0.2) is 24.5 Å². The Balaban J connectivity index is 1.56. The molecule has 28 heavy (non-hydrogen) atoms. The van der Waals surface area contributed by atoms with Gasteiger partial charge in [-0.1, -0.05) is 36.4 Å². The Morgan fingerprint density at radius 2 is 1.82 bits per heavy atom. The van der Waals surface area contributed by atoms with Crippen molar-refractivity contribution in [2.24, 2.45) is 0 Å². The molecule has 2 N–H and O–H groups in total. The van der Waals surface area contributed by atoms with Gasteiger partial charge in [0.15, 0.2) is 0 Å². The van der Waals surface area contributed by atoms with Gasteiger partial charge in [0, 0.05) is 31.0 Å². The van der Waals surface area contributed by atoms with Crippen molar-refractivity contribution in [3.8, 4) is 5.75 Å². The average Bonchev–Trinajstić information content (AvgIpc) is 2.74. The molecule has 3 aromatic rings. The van der Waals surface area contributed by atoms with Crippen LogP contribution in [0.15, 0.2) is 67.0 Å². The Bertz CT molecular complexity index is 946. The number of carbonyl (C=O) groups is 1. The van der Waals surface area contributed by atoms with E-state index in [9.17, 15) is 9.18 Å². The number of pyridine rings is 1.